The van der Waals surface area contributed by atoms with Crippen molar-refractivity contribution in [2.75, 3.05) is 18.4 Å². The van der Waals surface area contributed by atoms with Gasteiger partial charge in [0.2, 0.25) is 5.91 Å². The quantitative estimate of drug-likeness (QED) is 0.601. The molecule has 25 heavy (non-hydrogen) atoms. The van der Waals surface area contributed by atoms with E-state index in [1.165, 1.54) is 65.9 Å². The Balaban J connectivity index is 1.53. The zero-order chi connectivity index (χ0) is 17.2. The monoisotopic (exact) mass is 389 g/mol. The van der Waals surface area contributed by atoms with Gasteiger partial charge in [-0.05, 0) is 59.5 Å². The highest BCUT2D eigenvalue weighted by Crippen LogP contribution is 2.37. The van der Waals surface area contributed by atoms with Crippen molar-refractivity contribution in [1.82, 2.24) is 9.29 Å². The number of rotatable bonds is 4. The lowest BCUT2D eigenvalue weighted by Crippen LogP contribution is -2.22. The summed E-state index contributed by atoms with van der Waals surface area (Å²) in [4.78, 5) is 15.6. The van der Waals surface area contributed by atoms with Crippen molar-refractivity contribution < 1.29 is 4.79 Å². The molecule has 1 aromatic carbocycles. The number of anilines is 1. The Kier molecular flexibility index (Phi) is 5.08. The van der Waals surface area contributed by atoms with Gasteiger partial charge < -0.3 is 5.32 Å². The zero-order valence-corrected chi connectivity index (χ0v) is 16.4. The summed E-state index contributed by atoms with van der Waals surface area (Å²) in [6, 6.07) is 8.58. The van der Waals surface area contributed by atoms with Crippen molar-refractivity contribution in [3.05, 3.63) is 29.6 Å². The molecule has 1 aliphatic rings. The molecule has 0 unspecified atom stereocenters. The van der Waals surface area contributed by atoms with Crippen molar-refractivity contribution >= 4 is 55.9 Å². The summed E-state index contributed by atoms with van der Waals surface area (Å²) >= 11 is 5.21. The van der Waals surface area contributed by atoms with E-state index in [0.29, 0.717) is 5.13 Å². The molecule has 0 atom stereocenters. The maximum atomic E-state index is 11.2. The molecule has 0 radical (unpaired) electrons. The Bertz CT molecular complexity index is 896. The number of carbonyl (C=O) groups excluding carboxylic acids is 1. The average molecular weight is 390 g/mol. The fourth-order valence-corrected chi connectivity index (χ4v) is 6.01. The van der Waals surface area contributed by atoms with Gasteiger partial charge in [0, 0.05) is 20.0 Å². The molecule has 0 spiro atoms. The fourth-order valence-electron chi connectivity index (χ4n) is 2.91. The van der Waals surface area contributed by atoms with Crippen molar-refractivity contribution in [2.45, 2.75) is 30.4 Å². The first-order valence-corrected chi connectivity index (χ1v) is 10.8. The van der Waals surface area contributed by atoms with Crippen LogP contribution in [-0.4, -0.2) is 28.3 Å². The summed E-state index contributed by atoms with van der Waals surface area (Å²) in [5.41, 5.74) is 3.38. The topological polar surface area (TPSA) is 45.2 Å². The average Bonchev–Trinajstić information content (AvgIpc) is 3.20. The molecule has 0 aliphatic carbocycles. The van der Waals surface area contributed by atoms with E-state index in [1.807, 2.05) is 29.4 Å². The van der Waals surface area contributed by atoms with Gasteiger partial charge in [-0.15, -0.1) is 11.3 Å². The molecule has 0 bridgehead atoms. The van der Waals surface area contributed by atoms with E-state index in [-0.39, 0.29) is 5.91 Å². The van der Waals surface area contributed by atoms with E-state index >= 15 is 0 Å². The molecular formula is C18H19N3OS3. The second-order valence-corrected chi connectivity index (χ2v) is 9.46. The van der Waals surface area contributed by atoms with E-state index < -0.39 is 0 Å². The van der Waals surface area contributed by atoms with Gasteiger partial charge in [-0.25, -0.2) is 9.29 Å². The maximum Gasteiger partial charge on any atom is 0.223 e. The second kappa shape index (κ2) is 7.45. The highest BCUT2D eigenvalue weighted by molar-refractivity contribution is 7.98. The Morgan fingerprint density at radius 2 is 2.04 bits per heavy atom. The molecular weight excluding hydrogens is 370 g/mol. The van der Waals surface area contributed by atoms with Crippen LogP contribution in [0.5, 0.6) is 0 Å². The number of hydrogen-bond donors (Lipinski definition) is 1. The molecule has 2 aromatic heterocycles. The lowest BCUT2D eigenvalue weighted by Gasteiger charge is -2.24. The number of nitrogens with one attached hydrogen (secondary N) is 1. The van der Waals surface area contributed by atoms with Crippen molar-refractivity contribution in [3.63, 3.8) is 0 Å². The Morgan fingerprint density at radius 1 is 1.20 bits per heavy atom. The van der Waals surface area contributed by atoms with Gasteiger partial charge >= 0.3 is 0 Å². The minimum atomic E-state index is -0.0866. The number of nitrogens with zero attached hydrogens (tertiary/aromatic N) is 2. The highest BCUT2D eigenvalue weighted by Gasteiger charge is 2.13. The van der Waals surface area contributed by atoms with Crippen LogP contribution >= 0.6 is 34.6 Å². The van der Waals surface area contributed by atoms with E-state index in [1.54, 1.807) is 0 Å². The SMILES string of the molecule is CC(=O)Nc1nc2ccc(-c3csc(SN4CCCCC4)c3)cc2s1. The Hall–Kier alpha value is -1.41. The third kappa shape index (κ3) is 4.06. The van der Waals surface area contributed by atoms with Crippen LogP contribution in [0.3, 0.4) is 0 Å². The normalized spacial score (nSPS) is 15.6. The predicted octanol–water partition coefficient (Wildman–Crippen LogP) is 5.48. The molecule has 4 nitrogen and oxygen atoms in total. The number of hydrogen-bond acceptors (Lipinski definition) is 6. The minimum absolute atomic E-state index is 0.0866. The van der Waals surface area contributed by atoms with Crippen LogP contribution in [-0.2, 0) is 4.79 Å². The van der Waals surface area contributed by atoms with Gasteiger partial charge in [0.15, 0.2) is 5.13 Å². The fraction of sp³-hybridized carbons (Fsp3) is 0.333. The number of amides is 1. The summed E-state index contributed by atoms with van der Waals surface area (Å²) in [7, 11) is 0. The summed E-state index contributed by atoms with van der Waals surface area (Å²) in [5, 5.41) is 5.65. The first-order valence-electron chi connectivity index (χ1n) is 8.37. The van der Waals surface area contributed by atoms with E-state index in [2.05, 4.69) is 38.2 Å². The molecule has 1 aliphatic heterocycles. The molecule has 0 saturated carbocycles. The molecule has 1 amide bonds. The summed E-state index contributed by atoms with van der Waals surface area (Å²) in [6.07, 6.45) is 3.98. The lowest BCUT2D eigenvalue weighted by atomic mass is 10.1. The van der Waals surface area contributed by atoms with Crippen LogP contribution in [0.25, 0.3) is 21.3 Å². The number of aromatic nitrogens is 1. The van der Waals surface area contributed by atoms with Crippen LogP contribution in [0, 0.1) is 0 Å². The van der Waals surface area contributed by atoms with Crippen LogP contribution in [0.15, 0.2) is 33.9 Å². The number of thiazole rings is 1. The Morgan fingerprint density at radius 3 is 2.84 bits per heavy atom. The van der Waals surface area contributed by atoms with E-state index in [4.69, 9.17) is 0 Å². The standard InChI is InChI=1S/C18H19N3OS3/c1-12(22)19-18-20-15-6-5-13(9-16(15)24-18)14-10-17(23-11-14)25-21-7-3-2-4-8-21/h5-6,9-11H,2-4,7-8H2,1H3,(H,19,20,22). The minimum Gasteiger partial charge on any atom is -0.302 e. The van der Waals surface area contributed by atoms with Gasteiger partial charge in [0.25, 0.3) is 0 Å². The largest absolute Gasteiger partial charge is 0.302 e. The smallest absolute Gasteiger partial charge is 0.223 e. The lowest BCUT2D eigenvalue weighted by molar-refractivity contribution is -0.114. The molecule has 3 aromatic rings. The highest BCUT2D eigenvalue weighted by atomic mass is 32.2. The van der Waals surface area contributed by atoms with Crippen molar-refractivity contribution in [3.8, 4) is 11.1 Å². The van der Waals surface area contributed by atoms with Crippen LogP contribution in [0.2, 0.25) is 0 Å². The van der Waals surface area contributed by atoms with Gasteiger partial charge in [-0.3, -0.25) is 4.79 Å². The number of benzene rings is 1. The third-order valence-corrected chi connectivity index (χ3v) is 7.20. The molecule has 1 saturated heterocycles. The molecule has 1 fully saturated rings. The van der Waals surface area contributed by atoms with Gasteiger partial charge in [-0.1, -0.05) is 23.8 Å². The third-order valence-electron chi connectivity index (χ3n) is 4.11. The number of thiophene rings is 1. The maximum absolute atomic E-state index is 11.2. The molecule has 7 heteroatoms. The summed E-state index contributed by atoms with van der Waals surface area (Å²) in [6.45, 7) is 3.89. The zero-order valence-electron chi connectivity index (χ0n) is 13.9. The second-order valence-electron chi connectivity index (χ2n) is 6.12. The summed E-state index contributed by atoms with van der Waals surface area (Å²) < 4.78 is 4.92. The van der Waals surface area contributed by atoms with Crippen LogP contribution < -0.4 is 5.32 Å². The molecule has 1 N–H and O–H groups in total. The Labute approximate surface area is 159 Å². The van der Waals surface area contributed by atoms with E-state index in [9.17, 15) is 4.79 Å². The molecule has 4 rings (SSSR count). The first kappa shape index (κ1) is 17.0. The molecule has 130 valence electrons. The predicted molar refractivity (Wildman–Crippen MR) is 109 cm³/mol. The van der Waals surface area contributed by atoms with Crippen molar-refractivity contribution in [2.24, 2.45) is 0 Å². The van der Waals surface area contributed by atoms with Crippen LogP contribution in [0.1, 0.15) is 26.2 Å². The van der Waals surface area contributed by atoms with E-state index in [0.717, 1.165) is 10.2 Å². The number of carbonyl (C=O) groups is 1. The summed E-state index contributed by atoms with van der Waals surface area (Å²) in [5.74, 6) is -0.0866. The van der Waals surface area contributed by atoms with Crippen LogP contribution in [0.4, 0.5) is 5.13 Å². The van der Waals surface area contributed by atoms with Crippen molar-refractivity contribution in [1.29, 1.82) is 0 Å². The van der Waals surface area contributed by atoms with Gasteiger partial charge in [-0.2, -0.15) is 0 Å². The first-order chi connectivity index (χ1) is 12.2. The molecule has 3 heterocycles. The van der Waals surface area contributed by atoms with Gasteiger partial charge in [0.05, 0.1) is 14.4 Å². The number of fused-ring (bicyclic) bond motifs is 1. The van der Waals surface area contributed by atoms with Gasteiger partial charge in [0.1, 0.15) is 0 Å². The number of piperidine rings is 1.